The molecule has 0 aliphatic heterocycles. The third-order valence-corrected chi connectivity index (χ3v) is 4.55. The van der Waals surface area contributed by atoms with E-state index in [-0.39, 0.29) is 17.9 Å². The van der Waals surface area contributed by atoms with Crippen molar-refractivity contribution in [3.8, 4) is 17.2 Å². The van der Waals surface area contributed by atoms with Gasteiger partial charge in [-0.05, 0) is 43.2 Å². The minimum absolute atomic E-state index is 0.151. The van der Waals surface area contributed by atoms with Gasteiger partial charge in [0.1, 0.15) is 11.5 Å². The number of halogens is 1. The van der Waals surface area contributed by atoms with Crippen molar-refractivity contribution in [1.82, 2.24) is 15.1 Å². The van der Waals surface area contributed by atoms with Crippen LogP contribution >= 0.6 is 0 Å². The summed E-state index contributed by atoms with van der Waals surface area (Å²) in [4.78, 5) is 25.0. The summed E-state index contributed by atoms with van der Waals surface area (Å²) >= 11 is 0. The topological polar surface area (TPSA) is 82.5 Å². The molecular formula is C23H24FN3O4. The van der Waals surface area contributed by atoms with Crippen LogP contribution in [0.15, 0.2) is 53.3 Å². The summed E-state index contributed by atoms with van der Waals surface area (Å²) in [6, 6.07) is 12.6. The predicted octanol–water partition coefficient (Wildman–Crippen LogP) is 3.41. The molecule has 2 aromatic carbocycles. The summed E-state index contributed by atoms with van der Waals surface area (Å²) in [7, 11) is 1.54. The van der Waals surface area contributed by atoms with Crippen LogP contribution < -0.4 is 20.2 Å². The Hall–Kier alpha value is -3.68. The number of aromatic nitrogens is 2. The molecule has 1 heterocycles. The van der Waals surface area contributed by atoms with Crippen LogP contribution in [0, 0.1) is 12.7 Å². The number of nitrogens with one attached hydrogen (secondary N) is 1. The maximum absolute atomic E-state index is 14.2. The van der Waals surface area contributed by atoms with Gasteiger partial charge in [0.15, 0.2) is 17.2 Å². The first-order valence-electron chi connectivity index (χ1n) is 9.88. The molecule has 8 heteroatoms. The number of para-hydroxylation sites is 1. The zero-order valence-electron chi connectivity index (χ0n) is 17.6. The molecule has 0 atom stereocenters. The normalized spacial score (nSPS) is 10.6. The number of methoxy groups -OCH3 is 1. The summed E-state index contributed by atoms with van der Waals surface area (Å²) in [5.41, 5.74) is 0.475. The Morgan fingerprint density at radius 3 is 2.65 bits per heavy atom. The molecule has 162 valence electrons. The summed E-state index contributed by atoms with van der Waals surface area (Å²) in [5, 5.41) is 6.78. The summed E-state index contributed by atoms with van der Waals surface area (Å²) in [6.07, 6.45) is 0.870. The van der Waals surface area contributed by atoms with Crippen molar-refractivity contribution in [3.63, 3.8) is 0 Å². The highest BCUT2D eigenvalue weighted by Gasteiger charge is 2.17. The highest BCUT2D eigenvalue weighted by atomic mass is 19.1. The Morgan fingerprint density at radius 2 is 1.94 bits per heavy atom. The van der Waals surface area contributed by atoms with Gasteiger partial charge < -0.3 is 14.8 Å². The molecule has 0 aliphatic rings. The predicted molar refractivity (Wildman–Crippen MR) is 114 cm³/mol. The first-order valence-corrected chi connectivity index (χ1v) is 9.88. The lowest BCUT2D eigenvalue weighted by atomic mass is 10.2. The summed E-state index contributed by atoms with van der Waals surface area (Å²) < 4.78 is 26.4. The molecule has 0 radical (unpaired) electrons. The fourth-order valence-electron chi connectivity index (χ4n) is 2.99. The molecule has 0 saturated heterocycles. The molecule has 0 saturated carbocycles. The van der Waals surface area contributed by atoms with Gasteiger partial charge in [0, 0.05) is 18.3 Å². The van der Waals surface area contributed by atoms with Gasteiger partial charge in [-0.1, -0.05) is 25.1 Å². The van der Waals surface area contributed by atoms with E-state index in [0.29, 0.717) is 23.8 Å². The maximum Gasteiger partial charge on any atom is 0.276 e. The number of hydrogen-bond donors (Lipinski definition) is 1. The van der Waals surface area contributed by atoms with Crippen molar-refractivity contribution >= 4 is 5.91 Å². The number of rotatable bonds is 8. The molecular weight excluding hydrogens is 401 g/mol. The number of ether oxygens (including phenoxy) is 2. The number of hydrogen-bond acceptors (Lipinski definition) is 5. The fraction of sp³-hybridized carbons (Fsp3) is 0.261. The van der Waals surface area contributed by atoms with E-state index in [9.17, 15) is 14.0 Å². The van der Waals surface area contributed by atoms with E-state index in [4.69, 9.17) is 9.47 Å². The van der Waals surface area contributed by atoms with E-state index in [1.165, 1.54) is 30.0 Å². The maximum atomic E-state index is 14.2. The second-order valence-corrected chi connectivity index (χ2v) is 6.88. The first-order chi connectivity index (χ1) is 14.9. The average molecular weight is 425 g/mol. The first kappa shape index (κ1) is 22.0. The Balaban J connectivity index is 1.80. The number of amides is 1. The van der Waals surface area contributed by atoms with Crippen molar-refractivity contribution in [1.29, 1.82) is 0 Å². The Morgan fingerprint density at radius 1 is 1.16 bits per heavy atom. The second-order valence-electron chi connectivity index (χ2n) is 6.88. The Kier molecular flexibility index (Phi) is 7.02. The van der Waals surface area contributed by atoms with Gasteiger partial charge in [-0.25, -0.2) is 9.07 Å². The summed E-state index contributed by atoms with van der Waals surface area (Å²) in [5.74, 6) is 0.00826. The van der Waals surface area contributed by atoms with E-state index in [0.717, 1.165) is 12.0 Å². The molecule has 0 spiro atoms. The molecule has 3 rings (SSSR count). The monoisotopic (exact) mass is 425 g/mol. The standard InChI is InChI=1S/C23H24FN3O4/c1-4-11-31-20-10-9-16(13-21(20)30-3)14-25-23(29)22-19(28)12-15(2)27(26-22)18-8-6-5-7-17(18)24/h5-10,12-13H,4,11,14H2,1-3H3,(H,25,29). The van der Waals surface area contributed by atoms with Crippen LogP contribution in [0.2, 0.25) is 0 Å². The molecule has 1 aromatic heterocycles. The lowest BCUT2D eigenvalue weighted by molar-refractivity contribution is 0.0943. The van der Waals surface area contributed by atoms with Crippen LogP contribution in [0.1, 0.15) is 35.1 Å². The molecule has 0 bridgehead atoms. The number of carbonyl (C=O) groups is 1. The van der Waals surface area contributed by atoms with Crippen LogP contribution in [0.5, 0.6) is 11.5 Å². The van der Waals surface area contributed by atoms with Crippen molar-refractivity contribution in [2.45, 2.75) is 26.8 Å². The molecule has 3 aromatic rings. The molecule has 0 fully saturated rings. The minimum atomic E-state index is -0.652. The minimum Gasteiger partial charge on any atom is -0.493 e. The zero-order valence-corrected chi connectivity index (χ0v) is 17.6. The average Bonchev–Trinajstić information content (AvgIpc) is 2.77. The molecule has 0 unspecified atom stereocenters. The molecule has 1 N–H and O–H groups in total. The quantitative estimate of drug-likeness (QED) is 0.598. The van der Waals surface area contributed by atoms with E-state index in [1.807, 2.05) is 6.92 Å². The largest absolute Gasteiger partial charge is 0.493 e. The van der Waals surface area contributed by atoms with Crippen LogP contribution in [0.3, 0.4) is 0 Å². The molecule has 0 aliphatic carbocycles. The number of carbonyl (C=O) groups excluding carboxylic acids is 1. The fourth-order valence-corrected chi connectivity index (χ4v) is 2.99. The van der Waals surface area contributed by atoms with Crippen LogP contribution in [-0.4, -0.2) is 29.4 Å². The summed E-state index contributed by atoms with van der Waals surface area (Å²) in [6.45, 7) is 4.35. The van der Waals surface area contributed by atoms with Gasteiger partial charge in [-0.15, -0.1) is 0 Å². The van der Waals surface area contributed by atoms with Crippen molar-refractivity contribution in [2.24, 2.45) is 0 Å². The van der Waals surface area contributed by atoms with Crippen LogP contribution in [-0.2, 0) is 6.54 Å². The van der Waals surface area contributed by atoms with Crippen LogP contribution in [0.25, 0.3) is 5.69 Å². The highest BCUT2D eigenvalue weighted by molar-refractivity contribution is 5.92. The second kappa shape index (κ2) is 9.88. The zero-order chi connectivity index (χ0) is 22.4. The Labute approximate surface area is 179 Å². The Bertz CT molecular complexity index is 1140. The smallest absolute Gasteiger partial charge is 0.276 e. The van der Waals surface area contributed by atoms with Gasteiger partial charge in [0.05, 0.1) is 13.7 Å². The molecule has 31 heavy (non-hydrogen) atoms. The van der Waals surface area contributed by atoms with Gasteiger partial charge >= 0.3 is 0 Å². The van der Waals surface area contributed by atoms with E-state index < -0.39 is 17.2 Å². The van der Waals surface area contributed by atoms with Gasteiger partial charge in [0.2, 0.25) is 5.43 Å². The number of benzene rings is 2. The van der Waals surface area contributed by atoms with Gasteiger partial charge in [-0.2, -0.15) is 5.10 Å². The lowest BCUT2D eigenvalue weighted by Crippen LogP contribution is -2.31. The lowest BCUT2D eigenvalue weighted by Gasteiger charge is -2.13. The van der Waals surface area contributed by atoms with Gasteiger partial charge in [-0.3, -0.25) is 9.59 Å². The number of nitrogens with zero attached hydrogens (tertiary/aromatic N) is 2. The van der Waals surface area contributed by atoms with Gasteiger partial charge in [0.25, 0.3) is 5.91 Å². The van der Waals surface area contributed by atoms with Crippen molar-refractivity contribution < 1.29 is 18.7 Å². The van der Waals surface area contributed by atoms with Crippen molar-refractivity contribution in [3.05, 3.63) is 81.5 Å². The van der Waals surface area contributed by atoms with E-state index >= 15 is 0 Å². The highest BCUT2D eigenvalue weighted by Crippen LogP contribution is 2.28. The van der Waals surface area contributed by atoms with Crippen LogP contribution in [0.4, 0.5) is 4.39 Å². The molecule has 7 nitrogen and oxygen atoms in total. The SMILES string of the molecule is CCCOc1ccc(CNC(=O)c2nn(-c3ccccc3F)c(C)cc2=O)cc1OC. The molecule has 1 amide bonds. The number of aryl methyl sites for hydroxylation is 1. The third kappa shape index (κ3) is 5.09. The van der Waals surface area contributed by atoms with Crippen molar-refractivity contribution in [2.75, 3.05) is 13.7 Å². The van der Waals surface area contributed by atoms with E-state index in [2.05, 4.69) is 10.4 Å². The van der Waals surface area contributed by atoms with E-state index in [1.54, 1.807) is 37.3 Å². The third-order valence-electron chi connectivity index (χ3n) is 4.55.